The fraction of sp³-hybridized carbons (Fsp3) is 0.467. The minimum Gasteiger partial charge on any atom is -0.352 e. The third kappa shape index (κ3) is 2.97. The molecule has 5 heteroatoms. The second kappa shape index (κ2) is 5.71. The number of nitrogens with zero attached hydrogens (tertiary/aromatic N) is 1. The Morgan fingerprint density at radius 1 is 1.25 bits per heavy atom. The van der Waals surface area contributed by atoms with Crippen LogP contribution in [-0.4, -0.2) is 35.3 Å². The van der Waals surface area contributed by atoms with E-state index in [2.05, 4.69) is 27.9 Å². The first-order valence-electron chi connectivity index (χ1n) is 7.02. The Morgan fingerprint density at radius 3 is 2.75 bits per heavy atom. The molecule has 1 aliphatic carbocycles. The number of rotatable bonds is 3. The number of amides is 2. The quantitative estimate of drug-likeness (QED) is 0.813. The van der Waals surface area contributed by atoms with Gasteiger partial charge in [0, 0.05) is 21.7 Å². The standard InChI is InChI=1S/C15H17IN2O2/c16-11-4-1-3-10(9-11)15(20)18-8-2-5-13(18)14(19)17-12-6-7-12/h1,3-4,9,12-13H,2,5-8H2,(H,17,19). The van der Waals surface area contributed by atoms with Crippen LogP contribution in [0.4, 0.5) is 0 Å². The molecule has 1 atom stereocenters. The van der Waals surface area contributed by atoms with E-state index in [1.807, 2.05) is 24.3 Å². The molecular weight excluding hydrogens is 367 g/mol. The maximum atomic E-state index is 12.6. The molecule has 20 heavy (non-hydrogen) atoms. The monoisotopic (exact) mass is 384 g/mol. The van der Waals surface area contributed by atoms with E-state index >= 15 is 0 Å². The molecule has 0 bridgehead atoms. The molecule has 1 aromatic carbocycles. The first-order valence-corrected chi connectivity index (χ1v) is 8.10. The minimum atomic E-state index is -0.291. The predicted molar refractivity (Wildman–Crippen MR) is 84.4 cm³/mol. The molecule has 2 amide bonds. The van der Waals surface area contributed by atoms with E-state index < -0.39 is 0 Å². The molecule has 2 fully saturated rings. The van der Waals surface area contributed by atoms with Gasteiger partial charge in [-0.15, -0.1) is 0 Å². The smallest absolute Gasteiger partial charge is 0.254 e. The van der Waals surface area contributed by atoms with E-state index in [0.717, 1.165) is 29.3 Å². The van der Waals surface area contributed by atoms with E-state index in [9.17, 15) is 9.59 Å². The van der Waals surface area contributed by atoms with E-state index in [4.69, 9.17) is 0 Å². The van der Waals surface area contributed by atoms with Crippen LogP contribution in [0.5, 0.6) is 0 Å². The topological polar surface area (TPSA) is 49.4 Å². The summed E-state index contributed by atoms with van der Waals surface area (Å²) in [5.41, 5.74) is 0.669. The summed E-state index contributed by atoms with van der Waals surface area (Å²) >= 11 is 2.19. The largest absolute Gasteiger partial charge is 0.352 e. The lowest BCUT2D eigenvalue weighted by molar-refractivity contribution is -0.125. The zero-order chi connectivity index (χ0) is 14.1. The van der Waals surface area contributed by atoms with Gasteiger partial charge in [-0.3, -0.25) is 9.59 Å². The normalized spacial score (nSPS) is 21.9. The third-order valence-electron chi connectivity index (χ3n) is 3.81. The van der Waals surface area contributed by atoms with Gasteiger partial charge in [-0.2, -0.15) is 0 Å². The average molecular weight is 384 g/mol. The average Bonchev–Trinajstić information content (AvgIpc) is 3.10. The van der Waals surface area contributed by atoms with Gasteiger partial charge in [-0.25, -0.2) is 0 Å². The molecule has 0 spiro atoms. The van der Waals surface area contributed by atoms with Gasteiger partial charge in [0.1, 0.15) is 6.04 Å². The van der Waals surface area contributed by atoms with E-state index in [1.165, 1.54) is 0 Å². The van der Waals surface area contributed by atoms with Crippen molar-refractivity contribution >= 4 is 34.4 Å². The maximum absolute atomic E-state index is 12.6. The van der Waals surface area contributed by atoms with Gasteiger partial charge < -0.3 is 10.2 Å². The summed E-state index contributed by atoms with van der Waals surface area (Å²) in [5, 5.41) is 3.01. The molecular formula is C15H17IN2O2. The fourth-order valence-corrected chi connectivity index (χ4v) is 3.14. The third-order valence-corrected chi connectivity index (χ3v) is 4.48. The molecule has 1 aromatic rings. The Balaban J connectivity index is 1.73. The lowest BCUT2D eigenvalue weighted by Crippen LogP contribution is -2.46. The number of hydrogen-bond donors (Lipinski definition) is 1. The van der Waals surface area contributed by atoms with Gasteiger partial charge in [0.2, 0.25) is 5.91 Å². The molecule has 1 saturated carbocycles. The second-order valence-corrected chi connectivity index (χ2v) is 6.70. The van der Waals surface area contributed by atoms with Crippen molar-refractivity contribution in [3.8, 4) is 0 Å². The van der Waals surface area contributed by atoms with E-state index in [-0.39, 0.29) is 17.9 Å². The summed E-state index contributed by atoms with van der Waals surface area (Å²) in [5.74, 6) is -0.0130. The van der Waals surface area contributed by atoms with Gasteiger partial charge in [0.25, 0.3) is 5.91 Å². The summed E-state index contributed by atoms with van der Waals surface area (Å²) < 4.78 is 1.03. The molecule has 106 valence electrons. The van der Waals surface area contributed by atoms with Crippen LogP contribution < -0.4 is 5.32 Å². The highest BCUT2D eigenvalue weighted by atomic mass is 127. The molecule has 1 saturated heterocycles. The molecule has 0 radical (unpaired) electrons. The number of carbonyl (C=O) groups is 2. The summed E-state index contributed by atoms with van der Waals surface area (Å²) in [6.07, 6.45) is 3.82. The second-order valence-electron chi connectivity index (χ2n) is 5.45. The van der Waals surface area contributed by atoms with Crippen LogP contribution in [0.2, 0.25) is 0 Å². The number of nitrogens with one attached hydrogen (secondary N) is 1. The van der Waals surface area contributed by atoms with Gasteiger partial charge in [-0.1, -0.05) is 6.07 Å². The van der Waals surface area contributed by atoms with Crippen LogP contribution in [0.3, 0.4) is 0 Å². The Morgan fingerprint density at radius 2 is 2.05 bits per heavy atom. The summed E-state index contributed by atoms with van der Waals surface area (Å²) in [7, 11) is 0. The highest BCUT2D eigenvalue weighted by Crippen LogP contribution is 2.24. The number of carbonyl (C=O) groups excluding carboxylic acids is 2. The van der Waals surface area contributed by atoms with Crippen LogP contribution in [0.1, 0.15) is 36.0 Å². The summed E-state index contributed by atoms with van der Waals surface area (Å²) in [6, 6.07) is 7.58. The zero-order valence-electron chi connectivity index (χ0n) is 11.1. The van der Waals surface area contributed by atoms with Crippen molar-refractivity contribution in [1.29, 1.82) is 0 Å². The van der Waals surface area contributed by atoms with Gasteiger partial charge >= 0.3 is 0 Å². The molecule has 2 aliphatic rings. The van der Waals surface area contributed by atoms with Gasteiger partial charge in [-0.05, 0) is 66.5 Å². The molecule has 1 unspecified atom stereocenters. The van der Waals surface area contributed by atoms with Crippen molar-refractivity contribution in [3.05, 3.63) is 33.4 Å². The molecule has 0 aromatic heterocycles. The molecule has 1 aliphatic heterocycles. The van der Waals surface area contributed by atoms with Crippen molar-refractivity contribution in [3.63, 3.8) is 0 Å². The Bertz CT molecular complexity index is 542. The zero-order valence-corrected chi connectivity index (χ0v) is 13.3. The number of likely N-dealkylation sites (tertiary alicyclic amines) is 1. The number of benzene rings is 1. The van der Waals surface area contributed by atoms with Gasteiger partial charge in [0.15, 0.2) is 0 Å². The Hall–Kier alpha value is -1.11. The Labute approximate surface area is 132 Å². The molecule has 1 heterocycles. The minimum absolute atomic E-state index is 0.0176. The van der Waals surface area contributed by atoms with E-state index in [0.29, 0.717) is 18.2 Å². The van der Waals surface area contributed by atoms with Gasteiger partial charge in [0.05, 0.1) is 0 Å². The summed E-state index contributed by atoms with van der Waals surface area (Å²) in [4.78, 5) is 26.5. The molecule has 1 N–H and O–H groups in total. The van der Waals surface area contributed by atoms with Crippen LogP contribution in [-0.2, 0) is 4.79 Å². The van der Waals surface area contributed by atoms with Crippen molar-refractivity contribution < 1.29 is 9.59 Å². The SMILES string of the molecule is O=C(NC1CC1)C1CCCN1C(=O)c1cccc(I)c1. The maximum Gasteiger partial charge on any atom is 0.254 e. The van der Waals surface area contributed by atoms with Crippen LogP contribution in [0, 0.1) is 3.57 Å². The number of halogens is 1. The fourth-order valence-electron chi connectivity index (χ4n) is 2.59. The first-order chi connectivity index (χ1) is 9.65. The highest BCUT2D eigenvalue weighted by molar-refractivity contribution is 14.1. The molecule has 4 nitrogen and oxygen atoms in total. The lowest BCUT2D eigenvalue weighted by atomic mass is 10.1. The number of hydrogen-bond acceptors (Lipinski definition) is 2. The van der Waals surface area contributed by atoms with Crippen LogP contribution in [0.25, 0.3) is 0 Å². The summed E-state index contributed by atoms with van der Waals surface area (Å²) in [6.45, 7) is 0.674. The first kappa shape index (κ1) is 13.9. The van der Waals surface area contributed by atoms with Crippen LogP contribution in [0.15, 0.2) is 24.3 Å². The van der Waals surface area contributed by atoms with Crippen LogP contribution >= 0.6 is 22.6 Å². The molecule has 3 rings (SSSR count). The van der Waals surface area contributed by atoms with Crippen molar-refractivity contribution in [2.75, 3.05) is 6.54 Å². The lowest BCUT2D eigenvalue weighted by Gasteiger charge is -2.24. The highest BCUT2D eigenvalue weighted by Gasteiger charge is 2.36. The Kier molecular flexibility index (Phi) is 3.96. The predicted octanol–water partition coefficient (Wildman–Crippen LogP) is 2.17. The van der Waals surface area contributed by atoms with Crippen molar-refractivity contribution in [2.45, 2.75) is 37.8 Å². The van der Waals surface area contributed by atoms with Crippen molar-refractivity contribution in [1.82, 2.24) is 10.2 Å². The van der Waals surface area contributed by atoms with E-state index in [1.54, 1.807) is 4.90 Å². The van der Waals surface area contributed by atoms with Crippen molar-refractivity contribution in [2.24, 2.45) is 0 Å².